The highest BCUT2D eigenvalue weighted by Gasteiger charge is 2.45. The predicted molar refractivity (Wildman–Crippen MR) is 139 cm³/mol. The molecule has 4 rings (SSSR count). The monoisotopic (exact) mass is 604 g/mol. The molecule has 2 aliphatic rings. The van der Waals surface area contributed by atoms with Crippen molar-refractivity contribution >= 4 is 40.9 Å². The van der Waals surface area contributed by atoms with Crippen molar-refractivity contribution in [3.05, 3.63) is 45.5 Å². The van der Waals surface area contributed by atoms with Gasteiger partial charge in [0.2, 0.25) is 0 Å². The van der Waals surface area contributed by atoms with E-state index in [9.17, 15) is 32.7 Å². The molecule has 2 fully saturated rings. The zero-order valence-electron chi connectivity index (χ0n) is 21.9. The van der Waals surface area contributed by atoms with E-state index in [4.69, 9.17) is 27.9 Å². The quantitative estimate of drug-likeness (QED) is 0.384. The molecule has 14 heteroatoms. The number of carbonyl (C=O) groups is 3. The number of alkyl halides is 3. The van der Waals surface area contributed by atoms with Crippen LogP contribution in [-0.4, -0.2) is 67.7 Å². The zero-order valence-corrected chi connectivity index (χ0v) is 23.4. The number of aliphatic carboxylic acids is 1. The molecule has 1 saturated carbocycles. The van der Waals surface area contributed by atoms with Crippen molar-refractivity contribution in [1.29, 1.82) is 0 Å². The average Bonchev–Trinajstić information content (AvgIpc) is 3.50. The van der Waals surface area contributed by atoms with Gasteiger partial charge in [-0.3, -0.25) is 24.0 Å². The van der Waals surface area contributed by atoms with Gasteiger partial charge < -0.3 is 14.7 Å². The number of aromatic nitrogens is 3. The van der Waals surface area contributed by atoms with Crippen LogP contribution >= 0.6 is 23.2 Å². The molecule has 218 valence electrons. The van der Waals surface area contributed by atoms with Gasteiger partial charge in [0.25, 0.3) is 5.91 Å². The van der Waals surface area contributed by atoms with Gasteiger partial charge in [-0.25, -0.2) is 0 Å². The molecule has 2 atom stereocenters. The molecule has 0 unspecified atom stereocenters. The van der Waals surface area contributed by atoms with Crippen LogP contribution in [0.5, 0.6) is 0 Å². The molecule has 1 aliphatic heterocycles. The second kappa shape index (κ2) is 11.7. The van der Waals surface area contributed by atoms with Crippen molar-refractivity contribution in [3.63, 3.8) is 0 Å². The lowest BCUT2D eigenvalue weighted by Gasteiger charge is -2.34. The maximum atomic E-state index is 14.4. The number of halogens is 5. The van der Waals surface area contributed by atoms with E-state index in [1.165, 1.54) is 12.4 Å². The molecule has 9 nitrogen and oxygen atoms in total. The molecule has 40 heavy (non-hydrogen) atoms. The number of ether oxygens (including phenoxy) is 1. The largest absolute Gasteiger partial charge is 0.481 e. The Morgan fingerprint density at radius 3 is 2.27 bits per heavy atom. The Labute approximate surface area is 238 Å². The van der Waals surface area contributed by atoms with Gasteiger partial charge in [-0.15, -0.1) is 0 Å². The molecule has 0 spiro atoms. The van der Waals surface area contributed by atoms with Crippen LogP contribution in [0.25, 0.3) is 0 Å². The number of carbonyl (C=O) groups excluding carboxylic acids is 2. The summed E-state index contributed by atoms with van der Waals surface area (Å²) in [6.07, 6.45) is -0.357. The number of Topliss-reactive ketones (excluding diaryl/α,β-unsaturated/α-hetero) is 1. The first-order chi connectivity index (χ1) is 18.7. The summed E-state index contributed by atoms with van der Waals surface area (Å²) in [6.45, 7) is 2.69. The highest BCUT2D eigenvalue weighted by molar-refractivity contribution is 6.39. The summed E-state index contributed by atoms with van der Waals surface area (Å²) >= 11 is 12.2. The first-order valence-electron chi connectivity index (χ1n) is 12.9. The number of hydrogen-bond donors (Lipinski definition) is 1. The third-order valence-electron chi connectivity index (χ3n) is 7.71. The molecule has 0 radical (unpaired) electrons. The Kier molecular flexibility index (Phi) is 8.82. The van der Waals surface area contributed by atoms with Crippen molar-refractivity contribution in [3.8, 4) is 0 Å². The normalized spacial score (nSPS) is 25.1. The van der Waals surface area contributed by atoms with Crippen LogP contribution in [0.4, 0.5) is 13.2 Å². The van der Waals surface area contributed by atoms with E-state index < -0.39 is 59.2 Å². The fourth-order valence-electron chi connectivity index (χ4n) is 5.36. The van der Waals surface area contributed by atoms with Gasteiger partial charge in [-0.05, 0) is 52.4 Å². The molecule has 2 aromatic heterocycles. The smallest absolute Gasteiger partial charge is 0.433 e. The maximum Gasteiger partial charge on any atom is 0.433 e. The van der Waals surface area contributed by atoms with Gasteiger partial charge >= 0.3 is 12.1 Å². The summed E-state index contributed by atoms with van der Waals surface area (Å²) in [6, 6.07) is -0.742. The van der Waals surface area contributed by atoms with E-state index in [1.807, 2.05) is 6.92 Å². The summed E-state index contributed by atoms with van der Waals surface area (Å²) in [5.41, 5.74) is -3.07. The number of nitrogens with zero attached hydrogens (tertiary/aromatic N) is 4. The van der Waals surface area contributed by atoms with Crippen molar-refractivity contribution < 1.29 is 37.4 Å². The number of amides is 1. The first kappa shape index (κ1) is 30.3. The number of ketones is 1. The van der Waals surface area contributed by atoms with Gasteiger partial charge in [0.15, 0.2) is 11.5 Å². The molecule has 1 amide bonds. The molecule has 2 aromatic rings. The van der Waals surface area contributed by atoms with Gasteiger partial charge in [-0.2, -0.15) is 18.3 Å². The van der Waals surface area contributed by atoms with E-state index in [-0.39, 0.29) is 53.9 Å². The molecule has 1 aliphatic carbocycles. The molecule has 1 N–H and O–H groups in total. The van der Waals surface area contributed by atoms with Gasteiger partial charge in [-0.1, -0.05) is 23.2 Å². The Morgan fingerprint density at radius 2 is 1.75 bits per heavy atom. The van der Waals surface area contributed by atoms with Crippen LogP contribution < -0.4 is 0 Å². The van der Waals surface area contributed by atoms with Gasteiger partial charge in [0.05, 0.1) is 57.6 Å². The third-order valence-corrected chi connectivity index (χ3v) is 8.29. The van der Waals surface area contributed by atoms with E-state index in [2.05, 4.69) is 10.1 Å². The van der Waals surface area contributed by atoms with E-state index >= 15 is 0 Å². The SMILES string of the molecule is C[C@H]1CC[C@H](CN(CC(=O)c2c(Cl)cncc2Cl)C(=O)c2cnn(C3CCC(C)(C(=O)O)CC3)c2C(F)(F)F)O1. The zero-order chi connectivity index (χ0) is 29.4. The van der Waals surface area contributed by atoms with Crippen LogP contribution in [0.15, 0.2) is 18.6 Å². The van der Waals surface area contributed by atoms with Crippen LogP contribution in [-0.2, 0) is 15.7 Å². The van der Waals surface area contributed by atoms with E-state index in [0.29, 0.717) is 12.8 Å². The summed E-state index contributed by atoms with van der Waals surface area (Å²) in [7, 11) is 0. The Morgan fingerprint density at radius 1 is 1.12 bits per heavy atom. The Hall–Kier alpha value is -2.70. The number of pyridine rings is 1. The van der Waals surface area contributed by atoms with E-state index in [0.717, 1.165) is 15.8 Å². The van der Waals surface area contributed by atoms with Crippen LogP contribution in [0.1, 0.15) is 84.8 Å². The lowest BCUT2D eigenvalue weighted by atomic mass is 9.74. The highest BCUT2D eigenvalue weighted by atomic mass is 35.5. The molecule has 3 heterocycles. The van der Waals surface area contributed by atoms with Crippen molar-refractivity contribution in [2.24, 2.45) is 5.41 Å². The second-order valence-electron chi connectivity index (χ2n) is 10.7. The predicted octanol–water partition coefficient (Wildman–Crippen LogP) is 5.70. The fraction of sp³-hybridized carbons (Fsp3) is 0.577. The lowest BCUT2D eigenvalue weighted by Crippen LogP contribution is -2.42. The standard InChI is InChI=1S/C26H29Cl2F3N4O5/c1-14-3-4-16(40-14)12-34(13-20(36)21-18(27)10-32-11-19(21)28)23(37)17-9-33-35(22(17)26(29,30)31)15-5-7-25(2,8-6-15)24(38)39/h9-11,14-16H,3-8,12-13H2,1-2H3,(H,38,39)/t14-,15?,16+,25?/m0/s1. The van der Waals surface area contributed by atoms with Crippen LogP contribution in [0.2, 0.25) is 10.0 Å². The lowest BCUT2D eigenvalue weighted by molar-refractivity contribution is -0.152. The molecular weight excluding hydrogens is 576 g/mol. The summed E-state index contributed by atoms with van der Waals surface area (Å²) in [4.78, 5) is 43.3. The minimum Gasteiger partial charge on any atom is -0.481 e. The number of hydrogen-bond acceptors (Lipinski definition) is 6. The topological polar surface area (TPSA) is 115 Å². The Bertz CT molecular complexity index is 1270. The summed E-state index contributed by atoms with van der Waals surface area (Å²) in [5, 5.41) is 13.3. The number of carboxylic acid groups (broad SMARTS) is 1. The van der Waals surface area contributed by atoms with Crippen LogP contribution in [0, 0.1) is 5.41 Å². The van der Waals surface area contributed by atoms with Gasteiger partial charge in [0.1, 0.15) is 0 Å². The van der Waals surface area contributed by atoms with Crippen LogP contribution in [0.3, 0.4) is 0 Å². The van der Waals surface area contributed by atoms with Crippen molar-refractivity contribution in [2.75, 3.05) is 13.1 Å². The van der Waals surface area contributed by atoms with Gasteiger partial charge in [0, 0.05) is 18.9 Å². The Balaban J connectivity index is 1.66. The fourth-order valence-corrected chi connectivity index (χ4v) is 5.94. The van der Waals surface area contributed by atoms with E-state index in [1.54, 1.807) is 6.92 Å². The minimum absolute atomic E-state index is 0.0508. The average molecular weight is 605 g/mol. The summed E-state index contributed by atoms with van der Waals surface area (Å²) < 4.78 is 49.9. The summed E-state index contributed by atoms with van der Waals surface area (Å²) in [5.74, 6) is -2.71. The third kappa shape index (κ3) is 6.28. The minimum atomic E-state index is -4.94. The molecule has 0 bridgehead atoms. The molecule has 1 saturated heterocycles. The number of carboxylic acids is 1. The van der Waals surface area contributed by atoms with Crippen molar-refractivity contribution in [1.82, 2.24) is 19.7 Å². The highest BCUT2D eigenvalue weighted by Crippen LogP contribution is 2.43. The maximum absolute atomic E-state index is 14.4. The first-order valence-corrected chi connectivity index (χ1v) is 13.6. The second-order valence-corrected chi connectivity index (χ2v) is 11.5. The molecule has 0 aromatic carbocycles. The number of rotatable bonds is 8. The van der Waals surface area contributed by atoms with Crippen molar-refractivity contribution in [2.45, 2.75) is 76.8 Å². The molecular formula is C26H29Cl2F3N4O5.